The average Bonchev–Trinajstić information content (AvgIpc) is 3.04. The van der Waals surface area contributed by atoms with Gasteiger partial charge in [-0.15, -0.1) is 11.3 Å². The monoisotopic (exact) mass is 358 g/mol. The summed E-state index contributed by atoms with van der Waals surface area (Å²) in [5.41, 5.74) is 2.47. The van der Waals surface area contributed by atoms with Crippen LogP contribution in [0.25, 0.3) is 10.2 Å². The molecule has 6 heteroatoms. The van der Waals surface area contributed by atoms with Crippen molar-refractivity contribution < 1.29 is 4.79 Å². The van der Waals surface area contributed by atoms with E-state index in [0.29, 0.717) is 27.5 Å². The quantitative estimate of drug-likeness (QED) is 0.391. The van der Waals surface area contributed by atoms with Crippen molar-refractivity contribution in [2.45, 2.75) is 37.7 Å². The maximum absolute atomic E-state index is 12.6. The normalized spacial score (nSPS) is 12.5. The molecule has 0 spiro atoms. The lowest BCUT2D eigenvalue weighted by molar-refractivity contribution is 0.0994. The zero-order valence-electron chi connectivity index (χ0n) is 13.8. The molecule has 1 unspecified atom stereocenters. The summed E-state index contributed by atoms with van der Waals surface area (Å²) in [6.45, 7) is 6.30. The number of nitrogens with zero attached hydrogens (tertiary/aromatic N) is 2. The number of thiophene rings is 1. The largest absolute Gasteiger partial charge is 0.293 e. The van der Waals surface area contributed by atoms with Gasteiger partial charge >= 0.3 is 0 Å². The van der Waals surface area contributed by atoms with E-state index in [0.717, 1.165) is 5.56 Å². The average molecular weight is 358 g/mol. The fourth-order valence-electron chi connectivity index (χ4n) is 2.46. The summed E-state index contributed by atoms with van der Waals surface area (Å²) in [6.07, 6.45) is 0. The number of rotatable bonds is 5. The van der Waals surface area contributed by atoms with Crippen molar-refractivity contribution in [2.75, 3.05) is 0 Å². The SMILES string of the molecule is CCn1c(SC(C)C(=O)c2ccc(C)cc2)nc2ccsc2c1=O. The van der Waals surface area contributed by atoms with Gasteiger partial charge in [-0.3, -0.25) is 14.2 Å². The fourth-order valence-corrected chi connectivity index (χ4v) is 4.28. The van der Waals surface area contributed by atoms with Crippen LogP contribution in [0, 0.1) is 6.92 Å². The van der Waals surface area contributed by atoms with Crippen molar-refractivity contribution in [3.05, 3.63) is 57.2 Å². The molecule has 124 valence electrons. The Hall–Kier alpha value is -1.92. The van der Waals surface area contributed by atoms with E-state index < -0.39 is 0 Å². The van der Waals surface area contributed by atoms with E-state index in [1.54, 1.807) is 4.57 Å². The summed E-state index contributed by atoms with van der Waals surface area (Å²) in [5, 5.41) is 2.16. The zero-order valence-corrected chi connectivity index (χ0v) is 15.4. The first-order valence-corrected chi connectivity index (χ1v) is 9.52. The lowest BCUT2D eigenvalue weighted by Crippen LogP contribution is -2.23. The predicted molar refractivity (Wildman–Crippen MR) is 100 cm³/mol. The van der Waals surface area contributed by atoms with Gasteiger partial charge in [-0.05, 0) is 32.2 Å². The van der Waals surface area contributed by atoms with Crippen LogP contribution >= 0.6 is 23.1 Å². The van der Waals surface area contributed by atoms with Crippen LogP contribution in [0.1, 0.15) is 29.8 Å². The Morgan fingerprint density at radius 3 is 2.67 bits per heavy atom. The second-order valence-electron chi connectivity index (χ2n) is 5.57. The highest BCUT2D eigenvalue weighted by atomic mass is 32.2. The number of benzene rings is 1. The summed E-state index contributed by atoms with van der Waals surface area (Å²) < 4.78 is 2.31. The molecule has 0 radical (unpaired) electrons. The van der Waals surface area contributed by atoms with E-state index in [1.165, 1.54) is 23.1 Å². The molecule has 0 aliphatic rings. The number of hydrogen-bond acceptors (Lipinski definition) is 5. The number of thioether (sulfide) groups is 1. The van der Waals surface area contributed by atoms with E-state index >= 15 is 0 Å². The molecule has 0 aliphatic carbocycles. The molecule has 3 aromatic rings. The van der Waals surface area contributed by atoms with Crippen LogP contribution in [0.2, 0.25) is 0 Å². The minimum atomic E-state index is -0.312. The number of carbonyl (C=O) groups excluding carboxylic acids is 1. The third kappa shape index (κ3) is 3.16. The van der Waals surface area contributed by atoms with E-state index in [4.69, 9.17) is 0 Å². The van der Waals surface area contributed by atoms with Gasteiger partial charge in [0.2, 0.25) is 0 Å². The van der Waals surface area contributed by atoms with Crippen molar-refractivity contribution in [1.29, 1.82) is 0 Å². The van der Waals surface area contributed by atoms with Crippen molar-refractivity contribution in [2.24, 2.45) is 0 Å². The second kappa shape index (κ2) is 6.91. The predicted octanol–water partition coefficient (Wildman–Crippen LogP) is 4.15. The van der Waals surface area contributed by atoms with Crippen molar-refractivity contribution >= 4 is 39.1 Å². The molecule has 0 fully saturated rings. The Labute approximate surface area is 148 Å². The van der Waals surface area contributed by atoms with E-state index in [1.807, 2.05) is 56.5 Å². The van der Waals surface area contributed by atoms with Crippen LogP contribution in [-0.4, -0.2) is 20.6 Å². The molecule has 24 heavy (non-hydrogen) atoms. The van der Waals surface area contributed by atoms with Gasteiger partial charge in [0.25, 0.3) is 5.56 Å². The Morgan fingerprint density at radius 1 is 1.29 bits per heavy atom. The molecule has 2 aromatic heterocycles. The molecule has 0 N–H and O–H groups in total. The molecule has 1 atom stereocenters. The van der Waals surface area contributed by atoms with E-state index in [2.05, 4.69) is 4.98 Å². The topological polar surface area (TPSA) is 52.0 Å². The summed E-state index contributed by atoms with van der Waals surface area (Å²) >= 11 is 2.74. The molecule has 0 bridgehead atoms. The number of aryl methyl sites for hydroxylation is 1. The second-order valence-corrected chi connectivity index (χ2v) is 7.79. The molecular formula is C18H18N2O2S2. The van der Waals surface area contributed by atoms with Crippen LogP contribution in [-0.2, 0) is 6.54 Å². The lowest BCUT2D eigenvalue weighted by atomic mass is 10.1. The van der Waals surface area contributed by atoms with Gasteiger partial charge in [0.05, 0.1) is 10.8 Å². The number of Topliss-reactive ketones (excluding diaryl/α,β-unsaturated/α-hetero) is 1. The Balaban J connectivity index is 1.92. The van der Waals surface area contributed by atoms with Gasteiger partial charge in [0.15, 0.2) is 10.9 Å². The first kappa shape index (κ1) is 16.9. The van der Waals surface area contributed by atoms with Gasteiger partial charge < -0.3 is 0 Å². The molecule has 1 aromatic carbocycles. The standard InChI is InChI=1S/C18H18N2O2S2/c1-4-20-17(22)16-14(9-10-23-16)19-18(20)24-12(3)15(21)13-7-5-11(2)6-8-13/h5-10,12H,4H2,1-3H3. The lowest BCUT2D eigenvalue weighted by Gasteiger charge is -2.14. The summed E-state index contributed by atoms with van der Waals surface area (Å²) in [6, 6.07) is 9.40. The minimum absolute atomic E-state index is 0.0324. The van der Waals surface area contributed by atoms with Gasteiger partial charge in [-0.25, -0.2) is 4.98 Å². The maximum Gasteiger partial charge on any atom is 0.272 e. The van der Waals surface area contributed by atoms with Gasteiger partial charge in [-0.2, -0.15) is 0 Å². The smallest absolute Gasteiger partial charge is 0.272 e. The first-order valence-electron chi connectivity index (χ1n) is 7.77. The molecule has 4 nitrogen and oxygen atoms in total. The van der Waals surface area contributed by atoms with Crippen LogP contribution in [0.3, 0.4) is 0 Å². The van der Waals surface area contributed by atoms with Gasteiger partial charge in [0, 0.05) is 12.1 Å². The fraction of sp³-hybridized carbons (Fsp3) is 0.278. The highest BCUT2D eigenvalue weighted by Gasteiger charge is 2.20. The Bertz CT molecular complexity index is 942. The van der Waals surface area contributed by atoms with E-state index in [-0.39, 0.29) is 16.6 Å². The number of carbonyl (C=O) groups is 1. The molecule has 3 rings (SSSR count). The molecule has 0 saturated heterocycles. The number of fused-ring (bicyclic) bond motifs is 1. The summed E-state index contributed by atoms with van der Waals surface area (Å²) in [4.78, 5) is 29.7. The minimum Gasteiger partial charge on any atom is -0.293 e. The highest BCUT2D eigenvalue weighted by molar-refractivity contribution is 8.00. The molecule has 0 amide bonds. The van der Waals surface area contributed by atoms with Crippen molar-refractivity contribution in [3.63, 3.8) is 0 Å². The van der Waals surface area contributed by atoms with Crippen molar-refractivity contribution in [3.8, 4) is 0 Å². The Morgan fingerprint density at radius 2 is 2.00 bits per heavy atom. The van der Waals surface area contributed by atoms with E-state index in [9.17, 15) is 9.59 Å². The van der Waals surface area contributed by atoms with Gasteiger partial charge in [0.1, 0.15) is 4.70 Å². The first-order chi connectivity index (χ1) is 11.5. The molecule has 0 saturated carbocycles. The Kier molecular flexibility index (Phi) is 4.87. The molecular weight excluding hydrogens is 340 g/mol. The van der Waals surface area contributed by atoms with Crippen LogP contribution in [0.15, 0.2) is 45.7 Å². The molecule has 2 heterocycles. The van der Waals surface area contributed by atoms with Crippen LogP contribution in [0.5, 0.6) is 0 Å². The third-order valence-electron chi connectivity index (χ3n) is 3.83. The maximum atomic E-state index is 12.6. The highest BCUT2D eigenvalue weighted by Crippen LogP contribution is 2.26. The zero-order chi connectivity index (χ0) is 17.3. The number of hydrogen-bond donors (Lipinski definition) is 0. The van der Waals surface area contributed by atoms with Crippen LogP contribution in [0.4, 0.5) is 0 Å². The van der Waals surface area contributed by atoms with Gasteiger partial charge in [-0.1, -0.05) is 41.6 Å². The van der Waals surface area contributed by atoms with Crippen molar-refractivity contribution in [1.82, 2.24) is 9.55 Å². The number of aromatic nitrogens is 2. The third-order valence-corrected chi connectivity index (χ3v) is 5.82. The molecule has 0 aliphatic heterocycles. The summed E-state index contributed by atoms with van der Waals surface area (Å²) in [5.74, 6) is 0.0438. The summed E-state index contributed by atoms with van der Waals surface area (Å²) in [7, 11) is 0. The number of ketones is 1. The van der Waals surface area contributed by atoms with Crippen LogP contribution < -0.4 is 5.56 Å².